The molecule has 18 heavy (non-hydrogen) atoms. The molecule has 0 aliphatic carbocycles. The van der Waals surface area contributed by atoms with Gasteiger partial charge < -0.3 is 5.73 Å². The van der Waals surface area contributed by atoms with Crippen molar-refractivity contribution < 1.29 is 0 Å². The van der Waals surface area contributed by atoms with Crippen molar-refractivity contribution in [2.24, 2.45) is 11.7 Å². The Morgan fingerprint density at radius 1 is 1.39 bits per heavy atom. The molecule has 0 amide bonds. The average molecular weight is 287 g/mol. The van der Waals surface area contributed by atoms with Crippen LogP contribution in [0.1, 0.15) is 31.9 Å². The first-order valence-corrected chi connectivity index (χ1v) is 7.19. The van der Waals surface area contributed by atoms with E-state index in [0.717, 1.165) is 35.1 Å². The van der Waals surface area contributed by atoms with Crippen LogP contribution in [0.5, 0.6) is 0 Å². The van der Waals surface area contributed by atoms with Gasteiger partial charge in [0.2, 0.25) is 0 Å². The largest absolute Gasteiger partial charge is 0.326 e. The van der Waals surface area contributed by atoms with Gasteiger partial charge in [0.15, 0.2) is 0 Å². The zero-order chi connectivity index (χ0) is 13.3. The fourth-order valence-electron chi connectivity index (χ4n) is 2.51. The zero-order valence-electron chi connectivity index (χ0n) is 10.9. The minimum atomic E-state index is 0.249. The highest BCUT2D eigenvalue weighted by molar-refractivity contribution is 6.33. The van der Waals surface area contributed by atoms with E-state index in [0.29, 0.717) is 5.92 Å². The van der Waals surface area contributed by atoms with Gasteiger partial charge in [0.25, 0.3) is 0 Å². The van der Waals surface area contributed by atoms with Crippen molar-refractivity contribution in [2.45, 2.75) is 32.4 Å². The monoisotopic (exact) mass is 286 g/mol. The Labute approximate surface area is 119 Å². The maximum Gasteiger partial charge on any atom is 0.0454 e. The van der Waals surface area contributed by atoms with E-state index in [1.807, 2.05) is 18.2 Å². The van der Waals surface area contributed by atoms with E-state index in [2.05, 4.69) is 18.7 Å². The Balaban J connectivity index is 2.16. The molecule has 1 aliphatic rings. The summed E-state index contributed by atoms with van der Waals surface area (Å²) in [5.74, 6) is 0.600. The molecule has 2 nitrogen and oxygen atoms in total. The molecule has 4 heteroatoms. The Kier molecular flexibility index (Phi) is 4.54. The summed E-state index contributed by atoms with van der Waals surface area (Å²) < 4.78 is 0. The number of benzene rings is 1. The molecule has 1 aliphatic heterocycles. The molecule has 100 valence electrons. The van der Waals surface area contributed by atoms with Crippen LogP contribution >= 0.6 is 23.2 Å². The number of halogens is 2. The van der Waals surface area contributed by atoms with E-state index in [1.54, 1.807) is 0 Å². The van der Waals surface area contributed by atoms with Crippen LogP contribution in [0.2, 0.25) is 10.0 Å². The van der Waals surface area contributed by atoms with E-state index in [9.17, 15) is 0 Å². The Bertz CT molecular complexity index is 422. The molecule has 2 N–H and O–H groups in total. The molecular weight excluding hydrogens is 267 g/mol. The predicted molar refractivity (Wildman–Crippen MR) is 78.2 cm³/mol. The normalized spacial score (nSPS) is 27.2. The van der Waals surface area contributed by atoms with Gasteiger partial charge in [0.05, 0.1) is 0 Å². The van der Waals surface area contributed by atoms with E-state index < -0.39 is 0 Å². The summed E-state index contributed by atoms with van der Waals surface area (Å²) in [5.41, 5.74) is 7.24. The Morgan fingerprint density at radius 3 is 2.78 bits per heavy atom. The van der Waals surface area contributed by atoms with Crippen molar-refractivity contribution >= 4 is 23.2 Å². The highest BCUT2D eigenvalue weighted by Gasteiger charge is 2.27. The van der Waals surface area contributed by atoms with Gasteiger partial charge in [0, 0.05) is 28.7 Å². The van der Waals surface area contributed by atoms with Crippen LogP contribution in [0.3, 0.4) is 0 Å². The smallest absolute Gasteiger partial charge is 0.0454 e. The highest BCUT2D eigenvalue weighted by atomic mass is 35.5. The number of likely N-dealkylation sites (tertiary alicyclic amines) is 1. The van der Waals surface area contributed by atoms with E-state index in [4.69, 9.17) is 28.9 Å². The molecule has 3 atom stereocenters. The number of nitrogens with two attached hydrogens (primary N) is 1. The third-order valence-corrected chi connectivity index (χ3v) is 4.58. The van der Waals surface area contributed by atoms with Gasteiger partial charge in [-0.2, -0.15) is 0 Å². The van der Waals surface area contributed by atoms with Crippen LogP contribution < -0.4 is 5.73 Å². The first-order valence-electron chi connectivity index (χ1n) is 6.43. The summed E-state index contributed by atoms with van der Waals surface area (Å²) in [6.45, 7) is 6.38. The zero-order valence-corrected chi connectivity index (χ0v) is 12.4. The average Bonchev–Trinajstić information content (AvgIpc) is 2.35. The van der Waals surface area contributed by atoms with Crippen LogP contribution in [0.4, 0.5) is 0 Å². The maximum atomic E-state index is 6.26. The lowest BCUT2D eigenvalue weighted by Gasteiger charge is -2.39. The quantitative estimate of drug-likeness (QED) is 0.898. The summed E-state index contributed by atoms with van der Waals surface area (Å²) in [6, 6.07) is 6.15. The second kappa shape index (κ2) is 5.79. The number of hydrogen-bond acceptors (Lipinski definition) is 2. The van der Waals surface area contributed by atoms with Crippen molar-refractivity contribution in [1.29, 1.82) is 0 Å². The summed E-state index contributed by atoms with van der Waals surface area (Å²) in [5, 5.41) is 1.51. The topological polar surface area (TPSA) is 29.3 Å². The van der Waals surface area contributed by atoms with Crippen LogP contribution in [0, 0.1) is 5.92 Å². The number of nitrogens with zero attached hydrogens (tertiary/aromatic N) is 1. The summed E-state index contributed by atoms with van der Waals surface area (Å²) >= 11 is 12.3. The second-order valence-electron chi connectivity index (χ2n) is 5.27. The molecule has 0 bridgehead atoms. The maximum absolute atomic E-state index is 6.26. The van der Waals surface area contributed by atoms with E-state index >= 15 is 0 Å². The van der Waals surface area contributed by atoms with Crippen molar-refractivity contribution in [3.05, 3.63) is 33.8 Å². The van der Waals surface area contributed by atoms with Crippen LogP contribution in [0.25, 0.3) is 0 Å². The fraction of sp³-hybridized carbons (Fsp3) is 0.571. The van der Waals surface area contributed by atoms with Gasteiger partial charge in [-0.15, -0.1) is 0 Å². The first-order chi connectivity index (χ1) is 8.49. The van der Waals surface area contributed by atoms with Crippen LogP contribution in [-0.4, -0.2) is 24.0 Å². The summed E-state index contributed by atoms with van der Waals surface area (Å²) in [7, 11) is 0. The Hall–Kier alpha value is -0.280. The van der Waals surface area contributed by atoms with Crippen molar-refractivity contribution in [3.8, 4) is 0 Å². The molecule has 3 unspecified atom stereocenters. The minimum absolute atomic E-state index is 0.249. The van der Waals surface area contributed by atoms with Gasteiger partial charge in [0.1, 0.15) is 0 Å². The first kappa shape index (κ1) is 14.1. The van der Waals surface area contributed by atoms with Gasteiger partial charge >= 0.3 is 0 Å². The second-order valence-corrected chi connectivity index (χ2v) is 6.11. The Morgan fingerprint density at radius 2 is 2.11 bits per heavy atom. The molecular formula is C14H20Cl2N2. The molecule has 2 rings (SSSR count). The molecule has 0 saturated carbocycles. The molecule has 1 aromatic carbocycles. The molecule has 1 fully saturated rings. The van der Waals surface area contributed by atoms with Crippen LogP contribution in [-0.2, 0) is 0 Å². The van der Waals surface area contributed by atoms with Crippen molar-refractivity contribution in [2.75, 3.05) is 13.1 Å². The molecule has 0 aromatic heterocycles. The van der Waals surface area contributed by atoms with Gasteiger partial charge in [-0.25, -0.2) is 0 Å². The summed E-state index contributed by atoms with van der Waals surface area (Å²) in [4.78, 5) is 2.39. The standard InChI is InChI=1S/C14H20Cl2N2/c1-9-5-6-18(8-14(9)17)10(2)12-7-11(15)3-4-13(12)16/h3-4,7,9-10,14H,5-6,8,17H2,1-2H3. The molecule has 1 aromatic rings. The molecule has 1 saturated heterocycles. The molecule has 1 heterocycles. The van der Waals surface area contributed by atoms with E-state index in [1.165, 1.54) is 0 Å². The molecule has 0 spiro atoms. The van der Waals surface area contributed by atoms with Gasteiger partial charge in [-0.3, -0.25) is 4.90 Å². The summed E-state index contributed by atoms with van der Waals surface area (Å²) in [6.07, 6.45) is 1.14. The van der Waals surface area contributed by atoms with Gasteiger partial charge in [-0.05, 0) is 49.6 Å². The number of rotatable bonds is 2. The van der Waals surface area contributed by atoms with Crippen molar-refractivity contribution in [1.82, 2.24) is 4.90 Å². The van der Waals surface area contributed by atoms with Crippen molar-refractivity contribution in [3.63, 3.8) is 0 Å². The van der Waals surface area contributed by atoms with Crippen LogP contribution in [0.15, 0.2) is 18.2 Å². The minimum Gasteiger partial charge on any atom is -0.326 e. The lowest BCUT2D eigenvalue weighted by molar-refractivity contribution is 0.128. The third kappa shape index (κ3) is 3.00. The SMILES string of the molecule is CC1CCN(C(C)c2cc(Cl)ccc2Cl)CC1N. The molecule has 0 radical (unpaired) electrons. The lowest BCUT2D eigenvalue weighted by atomic mass is 9.92. The number of hydrogen-bond donors (Lipinski definition) is 1. The van der Waals surface area contributed by atoms with E-state index in [-0.39, 0.29) is 12.1 Å². The highest BCUT2D eigenvalue weighted by Crippen LogP contribution is 2.32. The predicted octanol–water partition coefficient (Wildman–Crippen LogP) is 3.72. The number of piperidine rings is 1. The lowest BCUT2D eigenvalue weighted by Crippen LogP contribution is -2.48. The fourth-order valence-corrected chi connectivity index (χ4v) is 2.96. The third-order valence-electron chi connectivity index (χ3n) is 4.00. The van der Waals surface area contributed by atoms with Gasteiger partial charge in [-0.1, -0.05) is 30.1 Å².